The van der Waals surface area contributed by atoms with Gasteiger partial charge in [0.2, 0.25) is 0 Å². The van der Waals surface area contributed by atoms with Gasteiger partial charge in [0.05, 0.1) is 11.9 Å². The number of nitrogens with zero attached hydrogens (tertiary/aromatic N) is 1. The number of nitrogens with one attached hydrogen (secondary N) is 1. The fourth-order valence-corrected chi connectivity index (χ4v) is 0.589. The zero-order chi connectivity index (χ0) is 8.27. The van der Waals surface area contributed by atoms with E-state index in [2.05, 4.69) is 10.3 Å². The van der Waals surface area contributed by atoms with Crippen LogP contribution in [0.1, 0.15) is 0 Å². The largest absolute Gasteiger partial charge is 0.465 e. The molecule has 0 aliphatic rings. The molecule has 1 rings (SSSR count). The van der Waals surface area contributed by atoms with Crippen molar-refractivity contribution in [3.05, 3.63) is 18.3 Å². The number of hydrogen-bond donors (Lipinski definition) is 3. The van der Waals surface area contributed by atoms with Crippen LogP contribution in [-0.2, 0) is 0 Å². The minimum Gasteiger partial charge on any atom is -0.465 e. The molecule has 0 saturated heterocycles. The lowest BCUT2D eigenvalue weighted by molar-refractivity contribution is 0.209. The Labute approximate surface area is 62.9 Å². The van der Waals surface area contributed by atoms with Crippen molar-refractivity contribution in [2.75, 3.05) is 11.1 Å². The molecule has 0 saturated carbocycles. The molecular weight excluding hydrogens is 146 g/mol. The summed E-state index contributed by atoms with van der Waals surface area (Å²) >= 11 is 0. The molecule has 4 N–H and O–H groups in total. The van der Waals surface area contributed by atoms with Gasteiger partial charge in [-0.25, -0.2) is 9.78 Å². The van der Waals surface area contributed by atoms with Gasteiger partial charge in [-0.2, -0.15) is 0 Å². The van der Waals surface area contributed by atoms with Gasteiger partial charge in [-0.05, 0) is 12.1 Å². The highest BCUT2D eigenvalue weighted by Gasteiger charge is 1.96. The smallest absolute Gasteiger partial charge is 0.410 e. The molecule has 11 heavy (non-hydrogen) atoms. The Morgan fingerprint density at radius 1 is 1.64 bits per heavy atom. The average molecular weight is 153 g/mol. The zero-order valence-electron chi connectivity index (χ0n) is 5.61. The number of carbonyl (C=O) groups is 1. The summed E-state index contributed by atoms with van der Waals surface area (Å²) in [6.07, 6.45) is 0.243. The van der Waals surface area contributed by atoms with Crippen molar-refractivity contribution in [1.29, 1.82) is 0 Å². The van der Waals surface area contributed by atoms with Crippen molar-refractivity contribution in [3.63, 3.8) is 0 Å². The molecule has 0 fully saturated rings. The van der Waals surface area contributed by atoms with Crippen LogP contribution in [0.4, 0.5) is 16.3 Å². The molecule has 5 heteroatoms. The van der Waals surface area contributed by atoms with Gasteiger partial charge in [0.15, 0.2) is 0 Å². The first-order chi connectivity index (χ1) is 5.18. The second-order valence-corrected chi connectivity index (χ2v) is 1.91. The van der Waals surface area contributed by atoms with Crippen LogP contribution in [0, 0.1) is 0 Å². The van der Waals surface area contributed by atoms with Gasteiger partial charge in [0.25, 0.3) is 0 Å². The Hall–Kier alpha value is -1.78. The van der Waals surface area contributed by atoms with E-state index in [4.69, 9.17) is 10.8 Å². The molecule has 0 atom stereocenters. The number of pyridine rings is 1. The van der Waals surface area contributed by atoms with Crippen LogP contribution in [-0.4, -0.2) is 16.2 Å². The van der Waals surface area contributed by atoms with Gasteiger partial charge in [-0.3, -0.25) is 5.32 Å². The van der Waals surface area contributed by atoms with Crippen LogP contribution < -0.4 is 11.1 Å². The number of carboxylic acid groups (broad SMARTS) is 1. The SMILES string of the molecule is Nc1ccc(NC(=O)O)nc1. The van der Waals surface area contributed by atoms with Gasteiger partial charge >= 0.3 is 6.09 Å². The second-order valence-electron chi connectivity index (χ2n) is 1.91. The molecule has 0 bridgehead atoms. The Kier molecular flexibility index (Phi) is 1.91. The average Bonchev–Trinajstić information content (AvgIpc) is 1.93. The van der Waals surface area contributed by atoms with Crippen molar-refractivity contribution in [2.24, 2.45) is 0 Å². The van der Waals surface area contributed by atoms with E-state index in [1.165, 1.54) is 12.3 Å². The summed E-state index contributed by atoms with van der Waals surface area (Å²) in [6, 6.07) is 3.06. The zero-order valence-corrected chi connectivity index (χ0v) is 5.61. The molecule has 0 radical (unpaired) electrons. The van der Waals surface area contributed by atoms with E-state index < -0.39 is 6.09 Å². The van der Waals surface area contributed by atoms with E-state index in [1.54, 1.807) is 6.07 Å². The summed E-state index contributed by atoms with van der Waals surface area (Å²) in [6.45, 7) is 0. The topological polar surface area (TPSA) is 88.2 Å². The van der Waals surface area contributed by atoms with Crippen LogP contribution >= 0.6 is 0 Å². The number of aromatic nitrogens is 1. The summed E-state index contributed by atoms with van der Waals surface area (Å²) in [5, 5.41) is 10.3. The first-order valence-corrected chi connectivity index (χ1v) is 2.90. The normalized spacial score (nSPS) is 9.09. The van der Waals surface area contributed by atoms with Gasteiger partial charge in [-0.15, -0.1) is 0 Å². The number of amides is 1. The Morgan fingerprint density at radius 3 is 2.82 bits per heavy atom. The summed E-state index contributed by atoms with van der Waals surface area (Å²) in [4.78, 5) is 13.8. The molecule has 58 valence electrons. The lowest BCUT2D eigenvalue weighted by Gasteiger charge is -1.97. The molecule has 1 aromatic rings. The molecule has 5 nitrogen and oxygen atoms in total. The highest BCUT2D eigenvalue weighted by Crippen LogP contribution is 2.04. The number of nitrogen functional groups attached to an aromatic ring is 1. The highest BCUT2D eigenvalue weighted by atomic mass is 16.4. The second kappa shape index (κ2) is 2.87. The van der Waals surface area contributed by atoms with Gasteiger partial charge in [0, 0.05) is 0 Å². The molecule has 1 aromatic heterocycles. The first-order valence-electron chi connectivity index (χ1n) is 2.90. The third-order valence-electron chi connectivity index (χ3n) is 1.02. The molecule has 0 aromatic carbocycles. The van der Waals surface area contributed by atoms with E-state index in [-0.39, 0.29) is 5.82 Å². The number of anilines is 2. The fraction of sp³-hybridized carbons (Fsp3) is 0. The molecule has 0 unspecified atom stereocenters. The third-order valence-corrected chi connectivity index (χ3v) is 1.02. The van der Waals surface area contributed by atoms with Crippen molar-refractivity contribution in [1.82, 2.24) is 4.98 Å². The molecule has 0 aliphatic heterocycles. The van der Waals surface area contributed by atoms with E-state index >= 15 is 0 Å². The molecule has 1 heterocycles. The molecular formula is C6H7N3O2. The minimum atomic E-state index is -1.14. The lowest BCUT2D eigenvalue weighted by Crippen LogP contribution is -2.08. The van der Waals surface area contributed by atoms with Gasteiger partial charge in [0.1, 0.15) is 5.82 Å². The first kappa shape index (κ1) is 7.33. The predicted molar refractivity (Wildman–Crippen MR) is 40.3 cm³/mol. The minimum absolute atomic E-state index is 0.270. The van der Waals surface area contributed by atoms with Crippen molar-refractivity contribution in [3.8, 4) is 0 Å². The monoisotopic (exact) mass is 153 g/mol. The van der Waals surface area contributed by atoms with E-state index in [0.29, 0.717) is 5.69 Å². The third kappa shape index (κ3) is 2.13. The maximum atomic E-state index is 10.1. The van der Waals surface area contributed by atoms with Crippen LogP contribution in [0.5, 0.6) is 0 Å². The van der Waals surface area contributed by atoms with E-state index in [1.807, 2.05) is 0 Å². The van der Waals surface area contributed by atoms with Crippen LogP contribution in [0.3, 0.4) is 0 Å². The molecule has 1 amide bonds. The Balaban J connectivity index is 2.74. The predicted octanol–water partition coefficient (Wildman–Crippen LogP) is 0.754. The van der Waals surface area contributed by atoms with Crippen LogP contribution in [0.15, 0.2) is 18.3 Å². The van der Waals surface area contributed by atoms with Crippen LogP contribution in [0.2, 0.25) is 0 Å². The quantitative estimate of drug-likeness (QED) is 0.555. The summed E-state index contributed by atoms with van der Waals surface area (Å²) < 4.78 is 0. The highest BCUT2D eigenvalue weighted by molar-refractivity contribution is 5.81. The molecule has 0 spiro atoms. The maximum absolute atomic E-state index is 10.1. The molecule has 0 aliphatic carbocycles. The number of nitrogens with two attached hydrogens (primary N) is 1. The Morgan fingerprint density at radius 2 is 2.36 bits per heavy atom. The lowest BCUT2D eigenvalue weighted by atomic mass is 10.4. The number of hydrogen-bond acceptors (Lipinski definition) is 3. The summed E-state index contributed by atoms with van der Waals surface area (Å²) in [5.74, 6) is 0.270. The Bertz CT molecular complexity index is 257. The van der Waals surface area contributed by atoms with Gasteiger partial charge in [-0.1, -0.05) is 0 Å². The van der Waals surface area contributed by atoms with Crippen molar-refractivity contribution >= 4 is 17.6 Å². The van der Waals surface area contributed by atoms with E-state index in [9.17, 15) is 4.79 Å². The van der Waals surface area contributed by atoms with Crippen LogP contribution in [0.25, 0.3) is 0 Å². The van der Waals surface area contributed by atoms with E-state index in [0.717, 1.165) is 0 Å². The van der Waals surface area contributed by atoms with Crippen molar-refractivity contribution < 1.29 is 9.90 Å². The van der Waals surface area contributed by atoms with Gasteiger partial charge < -0.3 is 10.8 Å². The maximum Gasteiger partial charge on any atom is 0.410 e. The summed E-state index contributed by atoms with van der Waals surface area (Å²) in [7, 11) is 0. The fourth-order valence-electron chi connectivity index (χ4n) is 0.589. The van der Waals surface area contributed by atoms with Crippen molar-refractivity contribution in [2.45, 2.75) is 0 Å². The number of rotatable bonds is 1. The standard InChI is InChI=1S/C6H7N3O2/c7-4-1-2-5(8-3-4)9-6(10)11/h1-3H,7H2,(H,8,9)(H,10,11). The summed E-state index contributed by atoms with van der Waals surface area (Å²) in [5.41, 5.74) is 5.82.